The van der Waals surface area contributed by atoms with Gasteiger partial charge in [-0.25, -0.2) is 0 Å². The topological polar surface area (TPSA) is 30.5 Å². The molecule has 156 valence electrons. The standard InChI is InChI=1S/C27H31NO2/c1-5-10-24-16-23(18-28-25-14-13-20(3)21(4)15-25)17-26(29-6-2)27(24)30-19-22-11-8-7-9-12-22/h5,7-9,11-17,28H,1,6,10,18-19H2,2-4H3. The van der Waals surface area contributed by atoms with Crippen molar-refractivity contribution in [1.82, 2.24) is 0 Å². The first kappa shape index (κ1) is 21.5. The van der Waals surface area contributed by atoms with Crippen LogP contribution >= 0.6 is 0 Å². The minimum absolute atomic E-state index is 0.505. The van der Waals surface area contributed by atoms with Crippen LogP contribution in [0.25, 0.3) is 0 Å². The number of nitrogens with one attached hydrogen (secondary N) is 1. The normalized spacial score (nSPS) is 10.5. The largest absolute Gasteiger partial charge is 0.490 e. The summed E-state index contributed by atoms with van der Waals surface area (Å²) >= 11 is 0. The Balaban J connectivity index is 1.83. The molecule has 0 fully saturated rings. The minimum atomic E-state index is 0.505. The molecule has 3 rings (SSSR count). The second-order valence-electron chi connectivity index (χ2n) is 7.43. The summed E-state index contributed by atoms with van der Waals surface area (Å²) in [6.07, 6.45) is 2.63. The number of anilines is 1. The molecule has 0 spiro atoms. The van der Waals surface area contributed by atoms with Crippen LogP contribution in [0.1, 0.15) is 34.7 Å². The monoisotopic (exact) mass is 401 g/mol. The van der Waals surface area contributed by atoms with Crippen LogP contribution in [0.5, 0.6) is 11.5 Å². The number of hydrogen-bond acceptors (Lipinski definition) is 3. The summed E-state index contributed by atoms with van der Waals surface area (Å²) in [4.78, 5) is 0. The Kier molecular flexibility index (Phi) is 7.56. The first-order chi connectivity index (χ1) is 14.6. The van der Waals surface area contributed by atoms with E-state index in [1.54, 1.807) is 0 Å². The second-order valence-corrected chi connectivity index (χ2v) is 7.43. The van der Waals surface area contributed by atoms with Crippen LogP contribution in [0.4, 0.5) is 5.69 Å². The SMILES string of the molecule is C=CCc1cc(CNc2ccc(C)c(C)c2)cc(OCC)c1OCc1ccccc1. The highest BCUT2D eigenvalue weighted by Gasteiger charge is 2.14. The van der Waals surface area contributed by atoms with E-state index in [2.05, 4.69) is 68.2 Å². The molecule has 0 aromatic heterocycles. The lowest BCUT2D eigenvalue weighted by Crippen LogP contribution is -2.06. The molecule has 0 aliphatic heterocycles. The number of benzene rings is 3. The summed E-state index contributed by atoms with van der Waals surface area (Å²) < 4.78 is 12.2. The van der Waals surface area contributed by atoms with E-state index in [9.17, 15) is 0 Å². The van der Waals surface area contributed by atoms with Gasteiger partial charge in [0.2, 0.25) is 0 Å². The Morgan fingerprint density at radius 2 is 1.70 bits per heavy atom. The highest BCUT2D eigenvalue weighted by molar-refractivity contribution is 5.53. The van der Waals surface area contributed by atoms with Crippen molar-refractivity contribution in [3.63, 3.8) is 0 Å². The van der Waals surface area contributed by atoms with Crippen molar-refractivity contribution in [2.75, 3.05) is 11.9 Å². The molecule has 0 heterocycles. The Labute approximate surface area is 180 Å². The molecule has 3 aromatic rings. The molecule has 0 radical (unpaired) electrons. The molecule has 1 N–H and O–H groups in total. The van der Waals surface area contributed by atoms with Crippen LogP contribution in [-0.4, -0.2) is 6.61 Å². The lowest BCUT2D eigenvalue weighted by atomic mass is 10.0. The lowest BCUT2D eigenvalue weighted by molar-refractivity contribution is 0.267. The lowest BCUT2D eigenvalue weighted by Gasteiger charge is -2.18. The molecular formula is C27H31NO2. The van der Waals surface area contributed by atoms with Crippen LogP contribution in [0.3, 0.4) is 0 Å². The predicted octanol–water partition coefficient (Wildman–Crippen LogP) is 6.62. The van der Waals surface area contributed by atoms with Crippen LogP contribution < -0.4 is 14.8 Å². The van der Waals surface area contributed by atoms with Gasteiger partial charge in [0.15, 0.2) is 11.5 Å². The highest BCUT2D eigenvalue weighted by Crippen LogP contribution is 2.35. The number of allylic oxidation sites excluding steroid dienone is 1. The molecule has 0 amide bonds. The van der Waals surface area contributed by atoms with E-state index < -0.39 is 0 Å². The van der Waals surface area contributed by atoms with Crippen molar-refractivity contribution in [1.29, 1.82) is 0 Å². The zero-order chi connectivity index (χ0) is 21.3. The van der Waals surface area contributed by atoms with E-state index in [-0.39, 0.29) is 0 Å². The van der Waals surface area contributed by atoms with E-state index in [0.29, 0.717) is 19.8 Å². The van der Waals surface area contributed by atoms with Gasteiger partial charge >= 0.3 is 0 Å². The maximum absolute atomic E-state index is 6.21. The maximum atomic E-state index is 6.21. The van der Waals surface area contributed by atoms with Gasteiger partial charge in [0.25, 0.3) is 0 Å². The molecule has 3 nitrogen and oxygen atoms in total. The summed E-state index contributed by atoms with van der Waals surface area (Å²) in [5.74, 6) is 1.58. The summed E-state index contributed by atoms with van der Waals surface area (Å²) in [5.41, 5.74) is 7.07. The fourth-order valence-corrected chi connectivity index (χ4v) is 3.34. The van der Waals surface area contributed by atoms with Crippen LogP contribution in [0.2, 0.25) is 0 Å². The van der Waals surface area contributed by atoms with E-state index >= 15 is 0 Å². The molecule has 30 heavy (non-hydrogen) atoms. The fraction of sp³-hybridized carbons (Fsp3) is 0.259. The van der Waals surface area contributed by atoms with Crippen molar-refractivity contribution in [3.05, 3.63) is 101 Å². The van der Waals surface area contributed by atoms with Gasteiger partial charge in [0.1, 0.15) is 6.61 Å². The summed E-state index contributed by atoms with van der Waals surface area (Å²) in [6.45, 7) is 12.0. The smallest absolute Gasteiger partial charge is 0.165 e. The maximum Gasteiger partial charge on any atom is 0.165 e. The van der Waals surface area contributed by atoms with Crippen LogP contribution in [-0.2, 0) is 19.6 Å². The van der Waals surface area contributed by atoms with Crippen molar-refractivity contribution < 1.29 is 9.47 Å². The number of hydrogen-bond donors (Lipinski definition) is 1. The molecule has 0 atom stereocenters. The quantitative estimate of drug-likeness (QED) is 0.387. The van der Waals surface area contributed by atoms with Gasteiger partial charge in [-0.1, -0.05) is 42.5 Å². The van der Waals surface area contributed by atoms with Gasteiger partial charge in [-0.3, -0.25) is 0 Å². The van der Waals surface area contributed by atoms with Gasteiger partial charge in [-0.2, -0.15) is 0 Å². The average Bonchev–Trinajstić information content (AvgIpc) is 2.75. The molecule has 3 aromatic carbocycles. The first-order valence-corrected chi connectivity index (χ1v) is 10.5. The third kappa shape index (κ3) is 5.66. The zero-order valence-corrected chi connectivity index (χ0v) is 18.2. The summed E-state index contributed by atoms with van der Waals surface area (Å²) in [6, 6.07) is 20.9. The Morgan fingerprint density at radius 1 is 0.900 bits per heavy atom. The van der Waals surface area contributed by atoms with Gasteiger partial charge < -0.3 is 14.8 Å². The number of ether oxygens (including phenoxy) is 2. The highest BCUT2D eigenvalue weighted by atomic mass is 16.5. The predicted molar refractivity (Wildman–Crippen MR) is 126 cm³/mol. The van der Waals surface area contributed by atoms with Crippen molar-refractivity contribution in [2.24, 2.45) is 0 Å². The van der Waals surface area contributed by atoms with Gasteiger partial charge in [0.05, 0.1) is 6.61 Å². The first-order valence-electron chi connectivity index (χ1n) is 10.5. The molecule has 0 saturated carbocycles. The van der Waals surface area contributed by atoms with E-state index in [0.717, 1.165) is 40.3 Å². The molecule has 0 aliphatic rings. The fourth-order valence-electron chi connectivity index (χ4n) is 3.34. The molecule has 0 saturated heterocycles. The summed E-state index contributed by atoms with van der Waals surface area (Å²) in [7, 11) is 0. The van der Waals surface area contributed by atoms with E-state index in [4.69, 9.17) is 9.47 Å². The molecular weight excluding hydrogens is 370 g/mol. The zero-order valence-electron chi connectivity index (χ0n) is 18.2. The van der Waals surface area contributed by atoms with Gasteiger partial charge in [-0.05, 0) is 73.7 Å². The van der Waals surface area contributed by atoms with Crippen molar-refractivity contribution in [3.8, 4) is 11.5 Å². The van der Waals surface area contributed by atoms with Gasteiger partial charge in [-0.15, -0.1) is 6.58 Å². The molecule has 0 unspecified atom stereocenters. The summed E-state index contributed by atoms with van der Waals surface area (Å²) in [5, 5.41) is 3.52. The molecule has 3 heteroatoms. The number of aryl methyl sites for hydroxylation is 2. The molecule has 0 bridgehead atoms. The van der Waals surface area contributed by atoms with Crippen LogP contribution in [0.15, 0.2) is 73.3 Å². The Morgan fingerprint density at radius 3 is 2.40 bits per heavy atom. The minimum Gasteiger partial charge on any atom is -0.490 e. The Bertz CT molecular complexity index is 980. The second kappa shape index (κ2) is 10.5. The molecule has 0 aliphatic carbocycles. The average molecular weight is 402 g/mol. The Hall–Kier alpha value is -3.20. The third-order valence-corrected chi connectivity index (χ3v) is 5.09. The number of rotatable bonds is 10. The van der Waals surface area contributed by atoms with E-state index in [1.165, 1.54) is 11.1 Å². The van der Waals surface area contributed by atoms with Crippen molar-refractivity contribution >= 4 is 5.69 Å². The van der Waals surface area contributed by atoms with Crippen LogP contribution in [0, 0.1) is 13.8 Å². The third-order valence-electron chi connectivity index (χ3n) is 5.09. The van der Waals surface area contributed by atoms with Crippen molar-refractivity contribution in [2.45, 2.75) is 40.3 Å². The van der Waals surface area contributed by atoms with Gasteiger partial charge in [0, 0.05) is 17.8 Å². The van der Waals surface area contributed by atoms with E-state index in [1.807, 2.05) is 31.2 Å².